The summed E-state index contributed by atoms with van der Waals surface area (Å²) in [5.74, 6) is -4.99. The van der Waals surface area contributed by atoms with E-state index in [1.165, 1.54) is 17.0 Å². The summed E-state index contributed by atoms with van der Waals surface area (Å²) in [5.41, 5.74) is 8.40. The van der Waals surface area contributed by atoms with Crippen molar-refractivity contribution in [1.29, 1.82) is 0 Å². The molecule has 12 heteroatoms. The Bertz CT molecular complexity index is 1790. The van der Waals surface area contributed by atoms with Gasteiger partial charge in [0.15, 0.2) is 0 Å². The van der Waals surface area contributed by atoms with E-state index in [-0.39, 0.29) is 42.0 Å². The van der Waals surface area contributed by atoms with E-state index in [1.807, 2.05) is 49.3 Å². The molecular formula is C36H39F2N5O5. The maximum atomic E-state index is 16.3. The molecule has 2 heterocycles. The monoisotopic (exact) mass is 659 g/mol. The van der Waals surface area contributed by atoms with Crippen LogP contribution in [0.3, 0.4) is 0 Å². The van der Waals surface area contributed by atoms with E-state index in [0.29, 0.717) is 38.0 Å². The van der Waals surface area contributed by atoms with Crippen molar-refractivity contribution in [3.8, 4) is 34.4 Å². The van der Waals surface area contributed by atoms with Crippen LogP contribution in [0.2, 0.25) is 0 Å². The zero-order valence-corrected chi connectivity index (χ0v) is 27.1. The average Bonchev–Trinajstić information content (AvgIpc) is 3.07. The fraction of sp³-hybridized carbons (Fsp3) is 0.306. The molecule has 5 rings (SSSR count). The molecule has 4 aromatic rings. The van der Waals surface area contributed by atoms with Crippen LogP contribution in [-0.2, 0) is 11.3 Å². The Morgan fingerprint density at radius 3 is 2.31 bits per heavy atom. The second kappa shape index (κ2) is 15.2. The Morgan fingerprint density at radius 2 is 1.65 bits per heavy atom. The Morgan fingerprint density at radius 1 is 0.979 bits per heavy atom. The Balaban J connectivity index is 1.49. The smallest absolute Gasteiger partial charge is 0.339 e. The highest BCUT2D eigenvalue weighted by Crippen LogP contribution is 2.40. The number of aromatic nitrogens is 1. The van der Waals surface area contributed by atoms with E-state index in [9.17, 15) is 14.7 Å². The number of nitrogens with zero attached hydrogens (tertiary/aromatic N) is 3. The number of nitrogens with one attached hydrogen (secondary N) is 1. The molecule has 0 atom stereocenters. The largest absolute Gasteiger partial charge is 0.478 e. The lowest BCUT2D eigenvalue weighted by molar-refractivity contribution is -0.125. The molecule has 10 nitrogen and oxygen atoms in total. The predicted molar refractivity (Wildman–Crippen MR) is 179 cm³/mol. The molecule has 1 aliphatic rings. The number of carboxylic acid groups (broad SMARTS) is 1. The molecular weight excluding hydrogens is 620 g/mol. The molecule has 1 saturated heterocycles. The van der Waals surface area contributed by atoms with Crippen LogP contribution in [0.1, 0.15) is 34.3 Å². The van der Waals surface area contributed by atoms with Crippen molar-refractivity contribution >= 4 is 17.6 Å². The molecule has 1 aromatic heterocycles. The quantitative estimate of drug-likeness (QED) is 0.168. The van der Waals surface area contributed by atoms with Crippen molar-refractivity contribution in [3.63, 3.8) is 0 Å². The van der Waals surface area contributed by atoms with Gasteiger partial charge < -0.3 is 35.4 Å². The summed E-state index contributed by atoms with van der Waals surface area (Å²) in [5, 5.41) is 12.7. The van der Waals surface area contributed by atoms with Crippen LogP contribution >= 0.6 is 0 Å². The van der Waals surface area contributed by atoms with Crippen LogP contribution in [0.4, 0.5) is 14.5 Å². The number of pyridine rings is 1. The fourth-order valence-electron chi connectivity index (χ4n) is 5.54. The van der Waals surface area contributed by atoms with E-state index in [1.54, 1.807) is 31.2 Å². The lowest BCUT2D eigenvalue weighted by atomic mass is 9.95. The topological polar surface area (TPSA) is 130 Å². The highest BCUT2D eigenvalue weighted by atomic mass is 19.1. The number of ether oxygens (including phenoxy) is 2. The van der Waals surface area contributed by atoms with Crippen LogP contribution in [0.25, 0.3) is 11.1 Å². The third-order valence-electron chi connectivity index (χ3n) is 8.15. The average molecular weight is 660 g/mol. The van der Waals surface area contributed by atoms with Crippen LogP contribution in [0, 0.1) is 24.5 Å². The van der Waals surface area contributed by atoms with Crippen molar-refractivity contribution in [2.24, 2.45) is 11.7 Å². The molecule has 48 heavy (non-hydrogen) atoms. The van der Waals surface area contributed by atoms with E-state index in [0.717, 1.165) is 16.7 Å². The minimum absolute atomic E-state index is 0.0993. The number of rotatable bonds is 12. The number of amides is 1. The predicted octanol–water partition coefficient (Wildman–Crippen LogP) is 5.97. The molecule has 0 spiro atoms. The summed E-state index contributed by atoms with van der Waals surface area (Å²) in [7, 11) is 3.83. The first-order chi connectivity index (χ1) is 23.0. The normalized spacial score (nSPS) is 13.4. The van der Waals surface area contributed by atoms with Crippen molar-refractivity contribution in [3.05, 3.63) is 95.1 Å². The van der Waals surface area contributed by atoms with Crippen molar-refractivity contribution in [1.82, 2.24) is 15.2 Å². The molecule has 252 valence electrons. The number of aryl methyl sites for hydroxylation is 1. The summed E-state index contributed by atoms with van der Waals surface area (Å²) in [6.07, 6.45) is 0.735. The number of hydrogen-bond acceptors (Lipinski definition) is 8. The van der Waals surface area contributed by atoms with Gasteiger partial charge in [-0.15, -0.1) is 0 Å². The van der Waals surface area contributed by atoms with E-state index >= 15 is 8.78 Å². The maximum absolute atomic E-state index is 16.3. The number of likely N-dealkylation sites (N-methyl/N-ethyl adjacent to an activating group) is 1. The number of nitrogens with two attached hydrogens (primary N) is 1. The SMILES string of the molecule is Cc1ccc(C(=O)O)c(Oc2nc(Oc3cccc(-c4cccc(CN)c4)c3)c(F)c(N3CCC(C(=O)NCCN(C)C)CC3)c2F)c1. The minimum Gasteiger partial charge on any atom is -0.478 e. The van der Waals surface area contributed by atoms with Gasteiger partial charge in [0.05, 0.1) is 0 Å². The standard InChI is InChI=1S/C36H39F2N5O5/c1-22-10-11-28(36(45)46)29(18-22)48-35-31(38)32(43-15-12-24(13-16-43)33(44)40-14-17-42(2)3)30(37)34(41-35)47-27-9-5-8-26(20-27)25-7-4-6-23(19-25)21-39/h4-11,18-20,24H,12-17,21,39H2,1-3H3,(H,40,44)(H,45,46). The van der Waals surface area contributed by atoms with Crippen LogP contribution in [0.5, 0.6) is 23.3 Å². The molecule has 1 amide bonds. The molecule has 0 aliphatic carbocycles. The molecule has 0 saturated carbocycles. The minimum atomic E-state index is -1.29. The van der Waals surface area contributed by atoms with Crippen LogP contribution in [-0.4, -0.2) is 67.1 Å². The second-order valence-corrected chi connectivity index (χ2v) is 12.0. The summed E-state index contributed by atoms with van der Waals surface area (Å²) < 4.78 is 44.3. The molecule has 4 N–H and O–H groups in total. The van der Waals surface area contributed by atoms with Gasteiger partial charge in [-0.25, -0.2) is 4.79 Å². The maximum Gasteiger partial charge on any atom is 0.339 e. The summed E-state index contributed by atoms with van der Waals surface area (Å²) in [6.45, 7) is 3.64. The summed E-state index contributed by atoms with van der Waals surface area (Å²) in [4.78, 5) is 32.2. The number of benzene rings is 3. The molecule has 0 radical (unpaired) electrons. The van der Waals surface area contributed by atoms with Gasteiger partial charge in [0.25, 0.3) is 11.8 Å². The van der Waals surface area contributed by atoms with Crippen molar-refractivity contribution in [2.45, 2.75) is 26.3 Å². The number of halogens is 2. The second-order valence-electron chi connectivity index (χ2n) is 12.0. The number of carbonyl (C=O) groups is 2. The Labute approximate surface area is 278 Å². The molecule has 1 fully saturated rings. The van der Waals surface area contributed by atoms with Crippen molar-refractivity contribution < 1.29 is 33.0 Å². The van der Waals surface area contributed by atoms with Gasteiger partial charge in [-0.1, -0.05) is 36.4 Å². The summed E-state index contributed by atoms with van der Waals surface area (Å²) in [6, 6.07) is 18.9. The van der Waals surface area contributed by atoms with E-state index < -0.39 is 35.1 Å². The van der Waals surface area contributed by atoms with E-state index in [2.05, 4.69) is 10.3 Å². The molecule has 3 aromatic carbocycles. The van der Waals surface area contributed by atoms with Crippen LogP contribution < -0.4 is 25.4 Å². The number of carboxylic acids is 1. The lowest BCUT2D eigenvalue weighted by Crippen LogP contribution is -2.42. The zero-order valence-electron chi connectivity index (χ0n) is 27.1. The van der Waals surface area contributed by atoms with Gasteiger partial charge in [-0.2, -0.15) is 13.8 Å². The first kappa shape index (κ1) is 34.3. The Kier molecular flexibility index (Phi) is 10.9. The highest BCUT2D eigenvalue weighted by Gasteiger charge is 2.32. The number of carbonyl (C=O) groups excluding carboxylic acids is 1. The first-order valence-corrected chi connectivity index (χ1v) is 15.7. The van der Waals surface area contributed by atoms with Crippen LogP contribution in [0.15, 0.2) is 66.7 Å². The lowest BCUT2D eigenvalue weighted by Gasteiger charge is -2.33. The Hall–Kier alpha value is -5.07. The van der Waals surface area contributed by atoms with Gasteiger partial charge in [-0.05, 0) is 86.4 Å². The van der Waals surface area contributed by atoms with Gasteiger partial charge in [0, 0.05) is 38.6 Å². The third-order valence-corrected chi connectivity index (χ3v) is 8.15. The first-order valence-electron chi connectivity index (χ1n) is 15.7. The van der Waals surface area contributed by atoms with Gasteiger partial charge in [-0.3, -0.25) is 4.79 Å². The number of aromatic carboxylic acids is 1. The third kappa shape index (κ3) is 8.07. The molecule has 0 bridgehead atoms. The molecule has 0 unspecified atom stereocenters. The van der Waals surface area contributed by atoms with E-state index in [4.69, 9.17) is 15.2 Å². The number of piperidine rings is 1. The van der Waals surface area contributed by atoms with Gasteiger partial charge in [0.2, 0.25) is 17.5 Å². The van der Waals surface area contributed by atoms with Crippen molar-refractivity contribution in [2.75, 3.05) is 45.2 Å². The zero-order chi connectivity index (χ0) is 34.4. The number of anilines is 1. The summed E-state index contributed by atoms with van der Waals surface area (Å²) >= 11 is 0. The van der Waals surface area contributed by atoms with Gasteiger partial charge in [0.1, 0.15) is 22.7 Å². The molecule has 1 aliphatic heterocycles. The van der Waals surface area contributed by atoms with Gasteiger partial charge >= 0.3 is 5.97 Å². The highest BCUT2D eigenvalue weighted by molar-refractivity contribution is 5.91. The number of hydrogen-bond donors (Lipinski definition) is 3. The fourth-order valence-corrected chi connectivity index (χ4v) is 5.54.